The number of aliphatic hydroxyl groups is 1. The summed E-state index contributed by atoms with van der Waals surface area (Å²) < 4.78 is 65.1. The van der Waals surface area contributed by atoms with E-state index in [0.717, 1.165) is 27.8 Å². The lowest BCUT2D eigenvalue weighted by Gasteiger charge is -2.49. The number of rotatable bonds is 21. The summed E-state index contributed by atoms with van der Waals surface area (Å²) in [6, 6.07) is 49.3. The van der Waals surface area contributed by atoms with Gasteiger partial charge in [0.1, 0.15) is 48.8 Å². The van der Waals surface area contributed by atoms with Crippen LogP contribution in [0.2, 0.25) is 0 Å². The van der Waals surface area contributed by atoms with Crippen LogP contribution in [0.3, 0.4) is 0 Å². The molecule has 1 N–H and O–H groups in total. The predicted molar refractivity (Wildman–Crippen MR) is 223 cm³/mol. The van der Waals surface area contributed by atoms with E-state index in [4.69, 9.17) is 47.4 Å². The molecule has 0 aromatic heterocycles. The lowest BCUT2D eigenvalue weighted by molar-refractivity contribution is -0.371. The number of benzene rings is 5. The molecular formula is C49H56O11. The molecule has 5 aromatic rings. The molecule has 0 spiro atoms. The van der Waals surface area contributed by atoms with Crippen molar-refractivity contribution in [2.45, 2.75) is 94.4 Å². The third-order valence-electron chi connectivity index (χ3n) is 10.7. The zero-order valence-electron chi connectivity index (χ0n) is 34.2. The molecule has 0 saturated carbocycles. The van der Waals surface area contributed by atoms with Gasteiger partial charge in [0.2, 0.25) is 0 Å². The highest BCUT2D eigenvalue weighted by molar-refractivity contribution is 5.17. The Kier molecular flexibility index (Phi) is 16.8. The Morgan fingerprint density at radius 1 is 0.400 bits per heavy atom. The van der Waals surface area contributed by atoms with Gasteiger partial charge in [0.05, 0.1) is 46.2 Å². The number of hydrogen-bond donors (Lipinski definition) is 1. The number of ether oxygens (including phenoxy) is 10. The molecule has 2 saturated heterocycles. The van der Waals surface area contributed by atoms with Gasteiger partial charge in [0.15, 0.2) is 12.6 Å². The van der Waals surface area contributed by atoms with Crippen molar-refractivity contribution < 1.29 is 52.5 Å². The molecule has 0 aliphatic carbocycles. The average Bonchev–Trinajstić information content (AvgIpc) is 3.30. The van der Waals surface area contributed by atoms with Crippen molar-refractivity contribution in [1.29, 1.82) is 0 Å². The minimum absolute atomic E-state index is 0.0630. The topological polar surface area (TPSA) is 113 Å². The maximum absolute atomic E-state index is 11.7. The van der Waals surface area contributed by atoms with Crippen LogP contribution in [0.15, 0.2) is 152 Å². The molecule has 0 bridgehead atoms. The van der Waals surface area contributed by atoms with Crippen LogP contribution in [0.5, 0.6) is 0 Å². The van der Waals surface area contributed by atoms with Crippen molar-refractivity contribution in [3.05, 3.63) is 179 Å². The molecule has 318 valence electrons. The van der Waals surface area contributed by atoms with Crippen LogP contribution in [0.1, 0.15) is 27.8 Å². The molecule has 7 rings (SSSR count). The smallest absolute Gasteiger partial charge is 0.187 e. The zero-order valence-corrected chi connectivity index (χ0v) is 34.2. The Morgan fingerprint density at radius 3 is 1.18 bits per heavy atom. The Balaban J connectivity index is 1.21. The van der Waals surface area contributed by atoms with Crippen molar-refractivity contribution in [1.82, 2.24) is 0 Å². The maximum Gasteiger partial charge on any atom is 0.187 e. The van der Waals surface area contributed by atoms with E-state index in [0.29, 0.717) is 13.2 Å². The molecule has 11 nitrogen and oxygen atoms in total. The molecular weight excluding hydrogens is 765 g/mol. The minimum Gasteiger partial charge on any atom is -0.376 e. The summed E-state index contributed by atoms with van der Waals surface area (Å²) >= 11 is 0. The van der Waals surface area contributed by atoms with Gasteiger partial charge >= 0.3 is 0 Å². The highest BCUT2D eigenvalue weighted by Crippen LogP contribution is 2.35. The van der Waals surface area contributed by atoms with E-state index in [1.54, 1.807) is 14.2 Å². The third-order valence-corrected chi connectivity index (χ3v) is 10.7. The van der Waals surface area contributed by atoms with Crippen LogP contribution in [-0.4, -0.2) is 94.0 Å². The number of hydrogen-bond acceptors (Lipinski definition) is 11. The fourth-order valence-corrected chi connectivity index (χ4v) is 7.60. The molecule has 2 aliphatic heterocycles. The number of methoxy groups -OCH3 is 2. The summed E-state index contributed by atoms with van der Waals surface area (Å²) in [5, 5.41) is 11.7. The van der Waals surface area contributed by atoms with Crippen LogP contribution in [0, 0.1) is 0 Å². The summed E-state index contributed by atoms with van der Waals surface area (Å²) in [4.78, 5) is 0. The SMILES string of the molecule is CO[C@H]1[C@@H](OC)[C@@H](COCc2ccccc2)O[C@@H](O[C@H]2[C@H](OCc3ccccc3)[C@@H](OCc3ccccc3)[C@H](O)O[C@@H]2COCc2ccccc2)[C@@H]1OCc1ccccc1. The summed E-state index contributed by atoms with van der Waals surface area (Å²) in [6.07, 6.45) is -8.61. The van der Waals surface area contributed by atoms with Crippen molar-refractivity contribution in [3.8, 4) is 0 Å². The van der Waals surface area contributed by atoms with E-state index >= 15 is 0 Å². The number of aliphatic hydroxyl groups excluding tert-OH is 1. The second kappa shape index (κ2) is 23.0. The van der Waals surface area contributed by atoms with Crippen molar-refractivity contribution >= 4 is 0 Å². The van der Waals surface area contributed by atoms with E-state index in [-0.39, 0.29) is 33.0 Å². The standard InChI is InChI=1S/C49H56O11/c1-51-42-40(33-53-28-35-18-8-3-9-19-35)59-49(47(44(42)52-2)57-32-39-26-16-7-17-27-39)60-43-41(34-54-29-36-20-10-4-11-21-36)58-48(50)46(56-31-38-24-14-6-15-25-38)45(43)55-30-37-22-12-5-13-23-37/h3-27,40-50H,28-34H2,1-2H3/t40-,41-,42+,43-,44+,45+,46-,47-,48-,49+/m1/s1. The predicted octanol–water partition coefficient (Wildman–Crippen LogP) is 7.03. The summed E-state index contributed by atoms with van der Waals surface area (Å²) in [6.45, 7) is 1.59. The van der Waals surface area contributed by atoms with Gasteiger partial charge in [-0.2, -0.15) is 0 Å². The van der Waals surface area contributed by atoms with Gasteiger partial charge in [-0.25, -0.2) is 0 Å². The monoisotopic (exact) mass is 820 g/mol. The Morgan fingerprint density at radius 2 is 0.767 bits per heavy atom. The van der Waals surface area contributed by atoms with Gasteiger partial charge in [-0.3, -0.25) is 0 Å². The van der Waals surface area contributed by atoms with Crippen LogP contribution in [0.25, 0.3) is 0 Å². The van der Waals surface area contributed by atoms with E-state index in [1.807, 2.05) is 152 Å². The average molecular weight is 821 g/mol. The first-order chi connectivity index (χ1) is 29.6. The molecule has 0 amide bonds. The van der Waals surface area contributed by atoms with Crippen molar-refractivity contribution in [3.63, 3.8) is 0 Å². The van der Waals surface area contributed by atoms with Crippen LogP contribution < -0.4 is 0 Å². The van der Waals surface area contributed by atoms with Gasteiger partial charge < -0.3 is 52.5 Å². The first-order valence-electron chi connectivity index (χ1n) is 20.5. The molecule has 60 heavy (non-hydrogen) atoms. The van der Waals surface area contributed by atoms with Crippen LogP contribution in [-0.2, 0) is 80.4 Å². The minimum atomic E-state index is -1.37. The fraction of sp³-hybridized carbons (Fsp3) is 0.388. The van der Waals surface area contributed by atoms with E-state index in [1.165, 1.54) is 0 Å². The normalized spacial score (nSPS) is 26.8. The largest absolute Gasteiger partial charge is 0.376 e. The Bertz CT molecular complexity index is 1910. The Labute approximate surface area is 353 Å². The van der Waals surface area contributed by atoms with Crippen molar-refractivity contribution in [2.24, 2.45) is 0 Å². The second-order valence-electron chi connectivity index (χ2n) is 14.9. The van der Waals surface area contributed by atoms with Gasteiger partial charge in [-0.15, -0.1) is 0 Å². The lowest BCUT2D eigenvalue weighted by Crippen LogP contribution is -2.66. The lowest BCUT2D eigenvalue weighted by atomic mass is 9.96. The highest BCUT2D eigenvalue weighted by atomic mass is 16.7. The molecule has 2 heterocycles. The second-order valence-corrected chi connectivity index (χ2v) is 14.9. The van der Waals surface area contributed by atoms with Crippen molar-refractivity contribution in [2.75, 3.05) is 27.4 Å². The maximum atomic E-state index is 11.7. The van der Waals surface area contributed by atoms with Gasteiger partial charge in [0, 0.05) is 14.2 Å². The van der Waals surface area contributed by atoms with E-state index in [9.17, 15) is 5.11 Å². The fourth-order valence-electron chi connectivity index (χ4n) is 7.60. The quantitative estimate of drug-likeness (QED) is 0.0824. The third kappa shape index (κ3) is 12.2. The summed E-state index contributed by atoms with van der Waals surface area (Å²) in [7, 11) is 3.25. The molecule has 2 fully saturated rings. The molecule has 10 atom stereocenters. The highest BCUT2D eigenvalue weighted by Gasteiger charge is 2.53. The van der Waals surface area contributed by atoms with E-state index in [2.05, 4.69) is 0 Å². The first kappa shape index (κ1) is 43.7. The zero-order chi connectivity index (χ0) is 41.4. The summed E-state index contributed by atoms with van der Waals surface area (Å²) in [5.41, 5.74) is 4.84. The summed E-state index contributed by atoms with van der Waals surface area (Å²) in [5.74, 6) is 0. The molecule has 5 aromatic carbocycles. The Hall–Kier alpha value is -4.34. The molecule has 11 heteroatoms. The molecule has 0 unspecified atom stereocenters. The molecule has 2 aliphatic rings. The van der Waals surface area contributed by atoms with Crippen LogP contribution in [0.4, 0.5) is 0 Å². The first-order valence-corrected chi connectivity index (χ1v) is 20.5. The molecule has 0 radical (unpaired) electrons. The van der Waals surface area contributed by atoms with Gasteiger partial charge in [-0.1, -0.05) is 152 Å². The van der Waals surface area contributed by atoms with E-state index < -0.39 is 61.4 Å². The van der Waals surface area contributed by atoms with Gasteiger partial charge in [-0.05, 0) is 27.8 Å². The van der Waals surface area contributed by atoms with Crippen LogP contribution >= 0.6 is 0 Å². The van der Waals surface area contributed by atoms with Gasteiger partial charge in [0.25, 0.3) is 0 Å².